The number of hydroxylamine groups is 1. The monoisotopic (exact) mass is 325 g/mol. The van der Waals surface area contributed by atoms with E-state index < -0.39 is 38.6 Å². The Morgan fingerprint density at radius 2 is 2.05 bits per heavy atom. The summed E-state index contributed by atoms with van der Waals surface area (Å²) in [5, 5.41) is 3.33. The average Bonchev–Trinajstić information content (AvgIpc) is 2.80. The van der Waals surface area contributed by atoms with Gasteiger partial charge in [0.05, 0.1) is 11.3 Å². The summed E-state index contributed by atoms with van der Waals surface area (Å²) < 4.78 is 63.7. The second-order valence-corrected chi connectivity index (χ2v) is 7.19. The van der Waals surface area contributed by atoms with Gasteiger partial charge in [-0.25, -0.2) is 8.42 Å². The van der Waals surface area contributed by atoms with Gasteiger partial charge >= 0.3 is 6.18 Å². The fraction of sp³-hybridized carbons (Fsp3) is 0.545. The van der Waals surface area contributed by atoms with Gasteiger partial charge in [0.25, 0.3) is 0 Å². The Balaban J connectivity index is 2.35. The lowest BCUT2D eigenvalue weighted by molar-refractivity contribution is -0.138. The Morgan fingerprint density at radius 1 is 1.43 bits per heavy atom. The number of hydrogen-bond donors (Lipinski definition) is 1. The first-order chi connectivity index (χ1) is 9.41. The van der Waals surface area contributed by atoms with E-state index in [4.69, 9.17) is 4.84 Å². The normalized spacial score (nSPS) is 18.5. The van der Waals surface area contributed by atoms with Crippen molar-refractivity contribution in [1.29, 1.82) is 0 Å². The highest BCUT2D eigenvalue weighted by molar-refractivity contribution is 7.94. The molecule has 0 unspecified atom stereocenters. The van der Waals surface area contributed by atoms with Crippen LogP contribution in [-0.4, -0.2) is 23.8 Å². The van der Waals surface area contributed by atoms with E-state index in [1.54, 1.807) is 13.8 Å². The van der Waals surface area contributed by atoms with Crippen molar-refractivity contribution in [3.63, 3.8) is 0 Å². The maximum atomic E-state index is 12.8. The van der Waals surface area contributed by atoms with Gasteiger partial charge in [0.2, 0.25) is 9.84 Å². The molecule has 0 spiro atoms. The smallest absolute Gasteiger partial charge is 0.275 e. The van der Waals surface area contributed by atoms with Crippen LogP contribution in [0.25, 0.3) is 0 Å². The lowest BCUT2D eigenvalue weighted by atomic mass is 10.1. The standard InChI is InChI=1S/C11H14F3N3O3S/c1-10(2)4-9(16-20-10)21(18,19)6-8-7(11(12,13)14)5-17(3)15-8/h4-5,16H,6H2,1-3H3. The number of alkyl halides is 3. The van der Waals surface area contributed by atoms with E-state index >= 15 is 0 Å². The second kappa shape index (κ2) is 4.73. The lowest BCUT2D eigenvalue weighted by Gasteiger charge is -2.11. The summed E-state index contributed by atoms with van der Waals surface area (Å²) in [7, 11) is -2.71. The van der Waals surface area contributed by atoms with Crippen molar-refractivity contribution in [3.05, 3.63) is 28.6 Å². The van der Waals surface area contributed by atoms with Crippen molar-refractivity contribution in [2.75, 3.05) is 0 Å². The van der Waals surface area contributed by atoms with Gasteiger partial charge in [0.1, 0.15) is 11.4 Å². The summed E-state index contributed by atoms with van der Waals surface area (Å²) in [4.78, 5) is 5.01. The van der Waals surface area contributed by atoms with E-state index in [2.05, 4.69) is 10.6 Å². The first-order valence-corrected chi connectivity index (χ1v) is 7.55. The molecule has 0 radical (unpaired) electrons. The molecule has 2 heterocycles. The highest BCUT2D eigenvalue weighted by atomic mass is 32.2. The van der Waals surface area contributed by atoms with Gasteiger partial charge in [-0.1, -0.05) is 0 Å². The third kappa shape index (κ3) is 3.38. The summed E-state index contributed by atoms with van der Waals surface area (Å²) in [6, 6.07) is 0. The first kappa shape index (κ1) is 15.8. The summed E-state index contributed by atoms with van der Waals surface area (Å²) in [5.74, 6) is -0.860. The molecule has 0 atom stereocenters. The van der Waals surface area contributed by atoms with Gasteiger partial charge in [-0.05, 0) is 19.9 Å². The molecule has 1 N–H and O–H groups in total. The zero-order chi connectivity index (χ0) is 16.1. The van der Waals surface area contributed by atoms with Crippen LogP contribution in [0, 0.1) is 0 Å². The van der Waals surface area contributed by atoms with Crippen molar-refractivity contribution in [2.24, 2.45) is 7.05 Å². The number of aromatic nitrogens is 2. The Bertz CT molecular complexity index is 689. The highest BCUT2D eigenvalue weighted by Crippen LogP contribution is 2.33. The Morgan fingerprint density at radius 3 is 2.52 bits per heavy atom. The number of sulfone groups is 1. The third-order valence-corrected chi connectivity index (χ3v) is 4.29. The van der Waals surface area contributed by atoms with Gasteiger partial charge in [-0.3, -0.25) is 15.0 Å². The number of aryl methyl sites for hydroxylation is 1. The summed E-state index contributed by atoms with van der Waals surface area (Å²) >= 11 is 0. The molecule has 118 valence electrons. The minimum atomic E-state index is -4.66. The summed E-state index contributed by atoms with van der Waals surface area (Å²) in [6.07, 6.45) is -2.60. The second-order valence-electron chi connectivity index (χ2n) is 5.24. The van der Waals surface area contributed by atoms with Crippen LogP contribution in [0.15, 0.2) is 17.3 Å². The van der Waals surface area contributed by atoms with Crippen molar-refractivity contribution < 1.29 is 26.4 Å². The molecule has 1 aromatic heterocycles. The number of nitrogens with zero attached hydrogens (tertiary/aromatic N) is 2. The average molecular weight is 325 g/mol. The van der Waals surface area contributed by atoms with Gasteiger partial charge in [0, 0.05) is 13.2 Å². The van der Waals surface area contributed by atoms with Crippen LogP contribution in [0.5, 0.6) is 0 Å². The summed E-state index contributed by atoms with van der Waals surface area (Å²) in [5.41, 5.74) is -0.225. The topological polar surface area (TPSA) is 73.2 Å². The van der Waals surface area contributed by atoms with E-state index in [0.29, 0.717) is 0 Å². The molecule has 2 rings (SSSR count). The number of rotatable bonds is 3. The van der Waals surface area contributed by atoms with Crippen LogP contribution in [0.4, 0.5) is 13.2 Å². The van der Waals surface area contributed by atoms with Crippen molar-refractivity contribution in [3.8, 4) is 0 Å². The van der Waals surface area contributed by atoms with E-state index in [1.165, 1.54) is 13.1 Å². The van der Waals surface area contributed by atoms with E-state index in [0.717, 1.165) is 10.9 Å². The zero-order valence-electron chi connectivity index (χ0n) is 11.5. The molecular weight excluding hydrogens is 311 g/mol. The van der Waals surface area contributed by atoms with Crippen LogP contribution < -0.4 is 5.48 Å². The highest BCUT2D eigenvalue weighted by Gasteiger charge is 2.38. The predicted molar refractivity (Wildman–Crippen MR) is 67.2 cm³/mol. The molecule has 0 fully saturated rings. The molecule has 1 aliphatic rings. The maximum absolute atomic E-state index is 12.8. The molecule has 0 aliphatic carbocycles. The van der Waals surface area contributed by atoms with Crippen molar-refractivity contribution >= 4 is 9.84 Å². The predicted octanol–water partition coefficient (Wildman–Crippen LogP) is 1.51. The molecule has 21 heavy (non-hydrogen) atoms. The number of hydrogen-bond acceptors (Lipinski definition) is 5. The van der Waals surface area contributed by atoms with Crippen molar-refractivity contribution in [1.82, 2.24) is 15.3 Å². The van der Waals surface area contributed by atoms with Crippen LogP contribution >= 0.6 is 0 Å². The van der Waals surface area contributed by atoms with Gasteiger partial charge in [-0.2, -0.15) is 18.3 Å². The van der Waals surface area contributed by atoms with Crippen LogP contribution in [0.1, 0.15) is 25.1 Å². The minimum Gasteiger partial charge on any atom is -0.275 e. The van der Waals surface area contributed by atoms with Gasteiger partial charge in [0.15, 0.2) is 5.03 Å². The molecular formula is C11H14F3N3O3S. The third-order valence-electron chi connectivity index (χ3n) is 2.77. The molecule has 1 aliphatic heterocycles. The SMILES string of the molecule is Cn1cc(C(F)(F)F)c(CS(=O)(=O)C2=CC(C)(C)ON2)n1. The molecule has 1 aromatic rings. The van der Waals surface area contributed by atoms with Crippen molar-refractivity contribution in [2.45, 2.75) is 31.4 Å². The van der Waals surface area contributed by atoms with Crippen LogP contribution in [-0.2, 0) is 33.7 Å². The van der Waals surface area contributed by atoms with Gasteiger partial charge in [-0.15, -0.1) is 0 Å². The first-order valence-electron chi connectivity index (χ1n) is 5.90. The quantitative estimate of drug-likeness (QED) is 0.912. The molecule has 0 bridgehead atoms. The Kier molecular flexibility index (Phi) is 3.57. The minimum absolute atomic E-state index is 0.258. The van der Waals surface area contributed by atoms with Gasteiger partial charge < -0.3 is 0 Å². The molecule has 6 nitrogen and oxygen atoms in total. The van der Waals surface area contributed by atoms with Crippen LogP contribution in [0.2, 0.25) is 0 Å². The molecule has 0 amide bonds. The Hall–Kier alpha value is -1.55. The molecule has 0 saturated heterocycles. The number of nitrogens with one attached hydrogen (secondary N) is 1. The lowest BCUT2D eigenvalue weighted by Crippen LogP contribution is -2.23. The number of halogens is 3. The molecule has 0 aromatic carbocycles. The Labute approximate surface area is 119 Å². The maximum Gasteiger partial charge on any atom is 0.419 e. The summed E-state index contributed by atoms with van der Waals surface area (Å²) in [6.45, 7) is 3.23. The fourth-order valence-corrected chi connectivity index (χ4v) is 3.21. The van der Waals surface area contributed by atoms with Crippen LogP contribution in [0.3, 0.4) is 0 Å². The largest absolute Gasteiger partial charge is 0.419 e. The zero-order valence-corrected chi connectivity index (χ0v) is 12.3. The van der Waals surface area contributed by atoms with E-state index in [1.807, 2.05) is 0 Å². The van der Waals surface area contributed by atoms with E-state index in [-0.39, 0.29) is 5.03 Å². The fourth-order valence-electron chi connectivity index (χ4n) is 1.85. The van der Waals surface area contributed by atoms with E-state index in [9.17, 15) is 21.6 Å². The molecule has 0 saturated carbocycles. The molecule has 10 heteroatoms.